The molecular weight excluding hydrogens is 386 g/mol. The highest BCUT2D eigenvalue weighted by Gasteiger charge is 2.28. The largest absolute Gasteiger partial charge is 0.264 e. The average molecular weight is 407 g/mol. The van der Waals surface area contributed by atoms with Crippen LogP contribution >= 0.6 is 11.3 Å². The maximum absolute atomic E-state index is 10.2. The molecule has 2 aliphatic rings. The van der Waals surface area contributed by atoms with Gasteiger partial charge in [0.15, 0.2) is 5.82 Å². The Labute approximate surface area is 172 Å². The van der Waals surface area contributed by atoms with Crippen LogP contribution in [0.15, 0.2) is 47.2 Å². The Morgan fingerprint density at radius 3 is 3.00 bits per heavy atom. The van der Waals surface area contributed by atoms with Crippen LogP contribution in [0, 0.1) is 6.92 Å². The number of aryl methyl sites for hydroxylation is 1. The smallest absolute Gasteiger partial charge is 0.170 e. The minimum Gasteiger partial charge on any atom is -0.264 e. The van der Waals surface area contributed by atoms with Gasteiger partial charge in [-0.25, -0.2) is 19.8 Å². The summed E-state index contributed by atoms with van der Waals surface area (Å²) in [6.45, 7) is 4.51. The van der Waals surface area contributed by atoms with E-state index in [-0.39, 0.29) is 12.6 Å². The normalized spacial score (nSPS) is 19.6. The predicted octanol–water partition coefficient (Wildman–Crippen LogP) is 4.57. The lowest BCUT2D eigenvalue weighted by molar-refractivity contribution is -0.0275. The van der Waals surface area contributed by atoms with Crippen LogP contribution in [0.25, 0.3) is 15.8 Å². The van der Waals surface area contributed by atoms with Crippen molar-refractivity contribution in [2.24, 2.45) is 5.10 Å². The van der Waals surface area contributed by atoms with Gasteiger partial charge in [0.1, 0.15) is 12.0 Å². The Morgan fingerprint density at radius 1 is 1.24 bits per heavy atom. The van der Waals surface area contributed by atoms with Crippen molar-refractivity contribution >= 4 is 44.3 Å². The number of allylic oxidation sites excluding steroid dienone is 1. The molecule has 0 spiro atoms. The molecule has 5 rings (SSSR count). The van der Waals surface area contributed by atoms with E-state index < -0.39 is 0 Å². The second-order valence-corrected chi connectivity index (χ2v) is 8.16. The minimum absolute atomic E-state index is 0.228. The van der Waals surface area contributed by atoms with Crippen molar-refractivity contribution in [2.45, 2.75) is 32.7 Å². The molecule has 8 heteroatoms. The fourth-order valence-corrected chi connectivity index (χ4v) is 4.81. The number of fused-ring (bicyclic) bond motifs is 2. The van der Waals surface area contributed by atoms with Gasteiger partial charge >= 0.3 is 0 Å². The van der Waals surface area contributed by atoms with E-state index in [1.54, 1.807) is 17.7 Å². The molecule has 0 fully saturated rings. The van der Waals surface area contributed by atoms with Crippen molar-refractivity contribution in [1.82, 2.24) is 9.97 Å². The molecule has 3 aromatic rings. The first-order valence-electron chi connectivity index (χ1n) is 9.61. The van der Waals surface area contributed by atoms with Gasteiger partial charge in [-0.2, -0.15) is 5.10 Å². The maximum Gasteiger partial charge on any atom is 0.170 e. The van der Waals surface area contributed by atoms with Crippen LogP contribution < -0.4 is 10.2 Å². The molecule has 1 N–H and O–H groups in total. The second-order valence-electron chi connectivity index (χ2n) is 7.28. The molecule has 0 saturated heterocycles. The van der Waals surface area contributed by atoms with Gasteiger partial charge in [0.05, 0.1) is 28.6 Å². The van der Waals surface area contributed by atoms with Gasteiger partial charge in [0.25, 0.3) is 0 Å². The number of para-hydroxylation sites is 1. The molecule has 2 aromatic heterocycles. The Kier molecular flexibility index (Phi) is 4.54. The lowest BCUT2D eigenvalue weighted by Gasteiger charge is -2.31. The minimum atomic E-state index is 0.228. The highest BCUT2D eigenvalue weighted by atomic mass is 32.1. The lowest BCUT2D eigenvalue weighted by atomic mass is 9.94. The number of hydrazone groups is 1. The van der Waals surface area contributed by atoms with Crippen molar-refractivity contribution in [3.63, 3.8) is 0 Å². The maximum atomic E-state index is 10.2. The summed E-state index contributed by atoms with van der Waals surface area (Å²) >= 11 is 1.65. The van der Waals surface area contributed by atoms with Crippen LogP contribution in [-0.4, -0.2) is 33.5 Å². The Bertz CT molecular complexity index is 1140. The zero-order chi connectivity index (χ0) is 20.0. The monoisotopic (exact) mass is 407 g/mol. The van der Waals surface area contributed by atoms with Crippen molar-refractivity contribution < 1.29 is 10.0 Å². The van der Waals surface area contributed by atoms with E-state index in [0.29, 0.717) is 5.69 Å². The number of rotatable bonds is 2. The summed E-state index contributed by atoms with van der Waals surface area (Å²) in [4.78, 5) is 14.4. The van der Waals surface area contributed by atoms with E-state index in [1.165, 1.54) is 0 Å². The molecule has 148 valence electrons. The molecule has 0 bridgehead atoms. The van der Waals surface area contributed by atoms with Crippen LogP contribution in [0.4, 0.5) is 11.5 Å². The molecule has 0 amide bonds. The van der Waals surface area contributed by atoms with Gasteiger partial charge in [-0.15, -0.1) is 16.6 Å². The van der Waals surface area contributed by atoms with E-state index in [2.05, 4.69) is 29.2 Å². The third kappa shape index (κ3) is 3.09. The van der Waals surface area contributed by atoms with Crippen molar-refractivity contribution in [3.8, 4) is 0 Å². The SMILES string of the molecule is Cc1csc2c(N3N=C(C4=CCON(O)c5ccccc54)CCC3C)ncnc12. The van der Waals surface area contributed by atoms with Crippen LogP contribution in [0.1, 0.15) is 30.9 Å². The fourth-order valence-electron chi connectivity index (χ4n) is 3.82. The molecule has 0 radical (unpaired) electrons. The van der Waals surface area contributed by atoms with Gasteiger partial charge < -0.3 is 0 Å². The summed E-state index contributed by atoms with van der Waals surface area (Å²) in [5, 5.41) is 20.2. The molecular formula is C21H21N5O2S. The van der Waals surface area contributed by atoms with E-state index >= 15 is 0 Å². The molecule has 2 aliphatic heterocycles. The predicted molar refractivity (Wildman–Crippen MR) is 115 cm³/mol. The quantitative estimate of drug-likeness (QED) is 0.671. The average Bonchev–Trinajstić information content (AvgIpc) is 3.04. The molecule has 0 aliphatic carbocycles. The first kappa shape index (κ1) is 18.2. The van der Waals surface area contributed by atoms with E-state index in [4.69, 9.17) is 9.94 Å². The third-order valence-electron chi connectivity index (χ3n) is 5.37. The summed E-state index contributed by atoms with van der Waals surface area (Å²) in [6.07, 6.45) is 5.40. The highest BCUT2D eigenvalue weighted by molar-refractivity contribution is 7.18. The van der Waals surface area contributed by atoms with Gasteiger partial charge in [0, 0.05) is 11.1 Å². The fraction of sp³-hybridized carbons (Fsp3) is 0.286. The van der Waals surface area contributed by atoms with E-state index in [0.717, 1.165) is 56.5 Å². The van der Waals surface area contributed by atoms with Crippen molar-refractivity contribution in [1.29, 1.82) is 0 Å². The number of benzene rings is 1. The van der Waals surface area contributed by atoms with E-state index in [1.807, 2.05) is 35.4 Å². The molecule has 1 atom stereocenters. The number of aromatic nitrogens is 2. The zero-order valence-corrected chi connectivity index (χ0v) is 17.1. The summed E-state index contributed by atoms with van der Waals surface area (Å²) < 4.78 is 1.06. The Balaban J connectivity index is 1.61. The third-order valence-corrected chi connectivity index (χ3v) is 6.45. The van der Waals surface area contributed by atoms with Crippen LogP contribution in [-0.2, 0) is 4.84 Å². The van der Waals surface area contributed by atoms with Crippen molar-refractivity contribution in [2.75, 3.05) is 16.8 Å². The molecule has 0 saturated carbocycles. The number of anilines is 2. The van der Waals surface area contributed by atoms with Gasteiger partial charge in [-0.3, -0.25) is 5.21 Å². The van der Waals surface area contributed by atoms with Crippen LogP contribution in [0.3, 0.4) is 0 Å². The summed E-state index contributed by atoms with van der Waals surface area (Å²) in [7, 11) is 0. The molecule has 29 heavy (non-hydrogen) atoms. The molecule has 7 nitrogen and oxygen atoms in total. The highest BCUT2D eigenvalue weighted by Crippen LogP contribution is 2.37. The standard InChI is InChI=1S/C21H21N5O2S/c1-13-11-29-20-19(13)22-12-23-21(20)25-14(2)7-8-17(24-25)15-9-10-28-26(27)18-6-4-3-5-16(15)18/h3-6,9,11-12,14,27H,7-8,10H2,1-2H3. The van der Waals surface area contributed by atoms with Crippen molar-refractivity contribution in [3.05, 3.63) is 53.2 Å². The number of thiophene rings is 1. The first-order chi connectivity index (χ1) is 14.1. The number of hydrogen-bond acceptors (Lipinski definition) is 8. The van der Waals surface area contributed by atoms with Gasteiger partial charge in [-0.05, 0) is 49.8 Å². The van der Waals surface area contributed by atoms with E-state index in [9.17, 15) is 5.21 Å². The van der Waals surface area contributed by atoms with Crippen LogP contribution in [0.2, 0.25) is 0 Å². The second kappa shape index (κ2) is 7.22. The summed E-state index contributed by atoms with van der Waals surface area (Å²) in [5.74, 6) is 0.848. The topological polar surface area (TPSA) is 74.1 Å². The molecule has 4 heterocycles. The van der Waals surface area contributed by atoms with Gasteiger partial charge in [-0.1, -0.05) is 18.2 Å². The van der Waals surface area contributed by atoms with Gasteiger partial charge in [0.2, 0.25) is 0 Å². The van der Waals surface area contributed by atoms with Crippen LogP contribution in [0.5, 0.6) is 0 Å². The molecule has 1 aromatic carbocycles. The number of hydrogen-bond donors (Lipinski definition) is 1. The summed E-state index contributed by atoms with van der Waals surface area (Å²) in [6, 6.07) is 7.88. The zero-order valence-electron chi connectivity index (χ0n) is 16.2. The Hall–Kier alpha value is -2.81. The Morgan fingerprint density at radius 2 is 2.10 bits per heavy atom. The molecule has 1 unspecified atom stereocenters. The lowest BCUT2D eigenvalue weighted by Crippen LogP contribution is -2.35. The summed E-state index contributed by atoms with van der Waals surface area (Å²) in [5.41, 5.74) is 5.61. The number of nitrogens with zero attached hydrogens (tertiary/aromatic N) is 5. The first-order valence-corrected chi connectivity index (χ1v) is 10.5.